The Morgan fingerprint density at radius 3 is 2.25 bits per heavy atom. The number of sulfonamides is 1. The molecule has 28 heavy (non-hydrogen) atoms. The Bertz CT molecular complexity index is 1100. The fourth-order valence-corrected chi connectivity index (χ4v) is 3.90. The fraction of sp³-hybridized carbons (Fsp3) is 0.0952. The van der Waals surface area contributed by atoms with Gasteiger partial charge in [0.1, 0.15) is 10.7 Å². The SMILES string of the molecule is O=C(O)c1cccc(CCc2ccc(NS(=O)(=O)c3ccccc3F)cc2)c1. The summed E-state index contributed by atoms with van der Waals surface area (Å²) in [7, 11) is -4.01. The van der Waals surface area contributed by atoms with Crippen LogP contribution < -0.4 is 4.72 Å². The fourth-order valence-electron chi connectivity index (χ4n) is 2.76. The summed E-state index contributed by atoms with van der Waals surface area (Å²) in [5.74, 6) is -1.77. The molecule has 0 fully saturated rings. The Kier molecular flexibility index (Phi) is 5.75. The van der Waals surface area contributed by atoms with E-state index in [1.54, 1.807) is 42.5 Å². The predicted octanol–water partition coefficient (Wildman–Crippen LogP) is 4.11. The average molecular weight is 399 g/mol. The molecule has 2 N–H and O–H groups in total. The normalized spacial score (nSPS) is 11.2. The van der Waals surface area contributed by atoms with Crippen LogP contribution in [-0.2, 0) is 22.9 Å². The van der Waals surface area contributed by atoms with Crippen LogP contribution in [-0.4, -0.2) is 19.5 Å². The maximum absolute atomic E-state index is 13.7. The number of benzene rings is 3. The molecule has 0 saturated carbocycles. The highest BCUT2D eigenvalue weighted by Crippen LogP contribution is 2.19. The quantitative estimate of drug-likeness (QED) is 0.626. The van der Waals surface area contributed by atoms with Crippen LogP contribution in [0.25, 0.3) is 0 Å². The molecular weight excluding hydrogens is 381 g/mol. The molecule has 3 aromatic rings. The van der Waals surface area contributed by atoms with Gasteiger partial charge in [-0.15, -0.1) is 0 Å². The second kappa shape index (κ2) is 8.22. The minimum absolute atomic E-state index is 0.246. The molecule has 0 aliphatic carbocycles. The van der Waals surface area contributed by atoms with Gasteiger partial charge in [0, 0.05) is 5.69 Å². The van der Waals surface area contributed by atoms with Crippen molar-refractivity contribution in [3.05, 3.63) is 95.3 Å². The molecule has 144 valence electrons. The summed E-state index contributed by atoms with van der Waals surface area (Å²) in [4.78, 5) is 10.6. The molecule has 0 aliphatic heterocycles. The number of anilines is 1. The van der Waals surface area contributed by atoms with Crippen LogP contribution >= 0.6 is 0 Å². The number of nitrogens with one attached hydrogen (secondary N) is 1. The average Bonchev–Trinajstić information content (AvgIpc) is 2.67. The molecule has 3 aromatic carbocycles. The van der Waals surface area contributed by atoms with E-state index < -0.39 is 26.7 Å². The first kappa shape index (κ1) is 19.6. The lowest BCUT2D eigenvalue weighted by molar-refractivity contribution is 0.0696. The van der Waals surface area contributed by atoms with Crippen LogP contribution in [0.4, 0.5) is 10.1 Å². The van der Waals surface area contributed by atoms with E-state index in [1.165, 1.54) is 18.2 Å². The van der Waals surface area contributed by atoms with Crippen LogP contribution in [0.1, 0.15) is 21.5 Å². The van der Waals surface area contributed by atoms with Crippen LogP contribution in [0.15, 0.2) is 77.7 Å². The number of hydrogen-bond donors (Lipinski definition) is 2. The van der Waals surface area contributed by atoms with E-state index in [1.807, 2.05) is 6.07 Å². The zero-order valence-electron chi connectivity index (χ0n) is 14.8. The van der Waals surface area contributed by atoms with Gasteiger partial charge in [-0.2, -0.15) is 0 Å². The third-order valence-corrected chi connectivity index (χ3v) is 5.62. The van der Waals surface area contributed by atoms with E-state index in [9.17, 15) is 17.6 Å². The first-order valence-corrected chi connectivity index (χ1v) is 10.0. The van der Waals surface area contributed by atoms with E-state index in [4.69, 9.17) is 5.11 Å². The van der Waals surface area contributed by atoms with Gasteiger partial charge in [0.05, 0.1) is 5.56 Å². The van der Waals surface area contributed by atoms with Crippen molar-refractivity contribution in [2.45, 2.75) is 17.7 Å². The Balaban J connectivity index is 1.66. The summed E-state index contributed by atoms with van der Waals surface area (Å²) in [5.41, 5.74) is 2.45. The Morgan fingerprint density at radius 1 is 0.893 bits per heavy atom. The van der Waals surface area contributed by atoms with Crippen molar-refractivity contribution in [3.63, 3.8) is 0 Å². The highest BCUT2D eigenvalue weighted by atomic mass is 32.2. The summed E-state index contributed by atoms with van der Waals surface area (Å²) in [6, 6.07) is 18.7. The largest absolute Gasteiger partial charge is 0.478 e. The minimum atomic E-state index is -4.01. The molecule has 0 heterocycles. The first-order valence-electron chi connectivity index (χ1n) is 8.54. The third kappa shape index (κ3) is 4.75. The van der Waals surface area contributed by atoms with Crippen LogP contribution in [0.3, 0.4) is 0 Å². The van der Waals surface area contributed by atoms with Crippen LogP contribution in [0.2, 0.25) is 0 Å². The minimum Gasteiger partial charge on any atom is -0.478 e. The molecule has 0 amide bonds. The van der Waals surface area contributed by atoms with Crippen molar-refractivity contribution >= 4 is 21.7 Å². The lowest BCUT2D eigenvalue weighted by Crippen LogP contribution is -2.14. The molecule has 0 saturated heterocycles. The summed E-state index contributed by atoms with van der Waals surface area (Å²) < 4.78 is 40.7. The second-order valence-electron chi connectivity index (χ2n) is 6.24. The molecule has 0 bridgehead atoms. The third-order valence-electron chi connectivity index (χ3n) is 4.21. The number of hydrogen-bond acceptors (Lipinski definition) is 3. The van der Waals surface area contributed by atoms with Gasteiger partial charge < -0.3 is 5.11 Å². The number of halogens is 1. The molecule has 5 nitrogen and oxygen atoms in total. The van der Waals surface area contributed by atoms with Crippen LogP contribution in [0.5, 0.6) is 0 Å². The van der Waals surface area contributed by atoms with Gasteiger partial charge in [-0.1, -0.05) is 36.4 Å². The lowest BCUT2D eigenvalue weighted by atomic mass is 10.0. The van der Waals surface area contributed by atoms with Gasteiger partial charge in [-0.05, 0) is 60.4 Å². The maximum atomic E-state index is 13.7. The van der Waals surface area contributed by atoms with Crippen molar-refractivity contribution in [2.75, 3.05) is 4.72 Å². The van der Waals surface area contributed by atoms with E-state index in [2.05, 4.69) is 4.72 Å². The second-order valence-corrected chi connectivity index (χ2v) is 7.89. The number of carboxylic acids is 1. The van der Waals surface area contributed by atoms with Gasteiger partial charge in [0.15, 0.2) is 0 Å². The summed E-state index contributed by atoms with van der Waals surface area (Å²) in [5, 5.41) is 9.04. The first-order chi connectivity index (χ1) is 13.3. The zero-order valence-corrected chi connectivity index (χ0v) is 15.6. The van der Waals surface area contributed by atoms with E-state index >= 15 is 0 Å². The van der Waals surface area contributed by atoms with Gasteiger partial charge in [0.25, 0.3) is 10.0 Å². The van der Waals surface area contributed by atoms with Gasteiger partial charge in [-0.3, -0.25) is 4.72 Å². The number of carboxylic acid groups (broad SMARTS) is 1. The predicted molar refractivity (Wildman–Crippen MR) is 104 cm³/mol. The smallest absolute Gasteiger partial charge is 0.335 e. The topological polar surface area (TPSA) is 83.5 Å². The lowest BCUT2D eigenvalue weighted by Gasteiger charge is -2.10. The van der Waals surface area contributed by atoms with Crippen LogP contribution in [0, 0.1) is 5.82 Å². The monoisotopic (exact) mass is 399 g/mol. The number of carbonyl (C=O) groups is 1. The Hall–Kier alpha value is -3.19. The highest BCUT2D eigenvalue weighted by Gasteiger charge is 2.18. The number of aryl methyl sites for hydroxylation is 2. The van der Waals surface area contributed by atoms with Crippen molar-refractivity contribution in [1.82, 2.24) is 0 Å². The van der Waals surface area contributed by atoms with Crippen molar-refractivity contribution in [1.29, 1.82) is 0 Å². The molecule has 3 rings (SSSR count). The van der Waals surface area contributed by atoms with E-state index in [-0.39, 0.29) is 5.56 Å². The summed E-state index contributed by atoms with van der Waals surface area (Å²) in [6.07, 6.45) is 1.32. The zero-order chi connectivity index (χ0) is 20.1. The Morgan fingerprint density at radius 2 is 1.57 bits per heavy atom. The molecule has 0 spiro atoms. The van der Waals surface area contributed by atoms with E-state index in [0.717, 1.165) is 17.2 Å². The highest BCUT2D eigenvalue weighted by molar-refractivity contribution is 7.92. The standard InChI is InChI=1S/C21H18FNO4S/c22-19-6-1-2-7-20(19)28(26,27)23-18-12-10-15(11-13-18)8-9-16-4-3-5-17(14-16)21(24)25/h1-7,10-14,23H,8-9H2,(H,24,25). The van der Waals surface area contributed by atoms with Gasteiger partial charge in [-0.25, -0.2) is 17.6 Å². The summed E-state index contributed by atoms with van der Waals surface area (Å²) in [6.45, 7) is 0. The number of aromatic carboxylic acids is 1. The maximum Gasteiger partial charge on any atom is 0.335 e. The molecule has 0 radical (unpaired) electrons. The van der Waals surface area contributed by atoms with E-state index in [0.29, 0.717) is 18.5 Å². The van der Waals surface area contributed by atoms with Gasteiger partial charge >= 0.3 is 5.97 Å². The van der Waals surface area contributed by atoms with Crippen molar-refractivity contribution < 1.29 is 22.7 Å². The van der Waals surface area contributed by atoms with Crippen molar-refractivity contribution in [3.8, 4) is 0 Å². The molecule has 7 heteroatoms. The molecule has 0 aliphatic rings. The van der Waals surface area contributed by atoms with Crippen molar-refractivity contribution in [2.24, 2.45) is 0 Å². The van der Waals surface area contributed by atoms with Gasteiger partial charge in [0.2, 0.25) is 0 Å². The Labute approximate surface area is 162 Å². The number of rotatable bonds is 7. The molecule has 0 unspecified atom stereocenters. The molecule has 0 atom stereocenters. The molecule has 0 aromatic heterocycles. The molecular formula is C21H18FNO4S. The summed E-state index contributed by atoms with van der Waals surface area (Å²) >= 11 is 0.